The lowest BCUT2D eigenvalue weighted by atomic mass is 9.97. The van der Waals surface area contributed by atoms with E-state index in [0.29, 0.717) is 6.54 Å². The van der Waals surface area contributed by atoms with E-state index in [4.69, 9.17) is 5.11 Å². The van der Waals surface area contributed by atoms with Crippen molar-refractivity contribution in [3.8, 4) is 12.8 Å². The molecule has 26 heavy (non-hydrogen) atoms. The Kier molecular flexibility index (Phi) is 8.24. The number of rotatable bonds is 4. The van der Waals surface area contributed by atoms with Crippen LogP contribution in [0.4, 0.5) is 8.78 Å². The van der Waals surface area contributed by atoms with E-state index in [0.717, 1.165) is 17.6 Å². The number of benzene rings is 1. The third-order valence-corrected chi connectivity index (χ3v) is 4.22. The summed E-state index contributed by atoms with van der Waals surface area (Å²) in [6.07, 6.45) is 12.0. The summed E-state index contributed by atoms with van der Waals surface area (Å²) < 4.78 is 26.8. The van der Waals surface area contributed by atoms with Gasteiger partial charge in [0.05, 0.1) is 6.54 Å². The van der Waals surface area contributed by atoms with E-state index >= 15 is 0 Å². The number of aliphatic hydroxyl groups excluding tert-OH is 1. The number of alkyl halides is 2. The molecule has 0 fully saturated rings. The maximum absolute atomic E-state index is 13.4. The second-order valence-corrected chi connectivity index (χ2v) is 6.07. The number of fused-ring (bicyclic) bond motifs is 3. The average molecular weight is 360 g/mol. The molecule has 3 rings (SSSR count). The Morgan fingerprint density at radius 2 is 1.92 bits per heavy atom. The number of terminal acetylenes is 1. The zero-order chi connectivity index (χ0) is 19.7. The molecule has 2 heterocycles. The molecule has 1 aromatic carbocycles. The summed E-state index contributed by atoms with van der Waals surface area (Å²) in [5.74, 6) is -3.04. The van der Waals surface area contributed by atoms with Gasteiger partial charge in [0.2, 0.25) is 0 Å². The maximum Gasteiger partial charge on any atom is 0.283 e. The molecule has 1 atom stereocenters. The number of allylic oxidation sites excluding steroid dienone is 2. The Balaban J connectivity index is 0.000000500. The first-order valence-electron chi connectivity index (χ1n) is 8.30. The van der Waals surface area contributed by atoms with Gasteiger partial charge in [-0.25, -0.2) is 8.78 Å². The highest BCUT2D eigenvalue weighted by Gasteiger charge is 2.35. The number of nitrogens with one attached hydrogen (secondary N) is 1. The van der Waals surface area contributed by atoms with Crippen LogP contribution in [0.15, 0.2) is 49.6 Å². The van der Waals surface area contributed by atoms with E-state index in [1.165, 1.54) is 10.9 Å². The molecular formula is C21H26F2N2O. The second kappa shape index (κ2) is 9.91. The summed E-state index contributed by atoms with van der Waals surface area (Å²) in [6, 6.07) is 8.07. The fourth-order valence-electron chi connectivity index (χ4n) is 2.97. The zero-order valence-electron chi connectivity index (χ0n) is 15.1. The molecule has 2 N–H and O–H groups in total. The Morgan fingerprint density at radius 1 is 1.31 bits per heavy atom. The fraction of sp³-hybridized carbons (Fsp3) is 0.333. The first-order chi connectivity index (χ1) is 12.4. The van der Waals surface area contributed by atoms with E-state index in [9.17, 15) is 8.78 Å². The van der Waals surface area contributed by atoms with Crippen molar-refractivity contribution in [2.45, 2.75) is 31.9 Å². The summed E-state index contributed by atoms with van der Waals surface area (Å²) in [7, 11) is 0. The number of para-hydroxylation sites is 1. The lowest BCUT2D eigenvalue weighted by molar-refractivity contribution is -0.0819. The molecule has 140 valence electrons. The standard InChI is InChI=1S/C15H18F2N2O.C4H6.C2H2/c1-10-6-12-11-4-2-3-5-13(11)18-14(12)7-19(10)8-15(16,17)9-20;1-3-4-2;1-2/h2-5,10,18,20H,6-9H2,1H3;3-4H,1-2H2;1-2H/t10-;;/m1../s1. The van der Waals surface area contributed by atoms with E-state index in [1.54, 1.807) is 17.1 Å². The molecule has 5 heteroatoms. The van der Waals surface area contributed by atoms with Crippen LogP contribution in [-0.4, -0.2) is 40.1 Å². The third-order valence-electron chi connectivity index (χ3n) is 4.22. The van der Waals surface area contributed by atoms with Crippen molar-refractivity contribution >= 4 is 10.9 Å². The Bertz CT molecular complexity index is 743. The van der Waals surface area contributed by atoms with Crippen LogP contribution in [0, 0.1) is 12.8 Å². The van der Waals surface area contributed by atoms with Gasteiger partial charge in [0.25, 0.3) is 5.92 Å². The molecule has 0 aliphatic carbocycles. The highest BCUT2D eigenvalue weighted by molar-refractivity contribution is 5.84. The number of hydrogen-bond donors (Lipinski definition) is 2. The number of H-pyrrole nitrogens is 1. The second-order valence-electron chi connectivity index (χ2n) is 6.07. The predicted molar refractivity (Wildman–Crippen MR) is 104 cm³/mol. The Morgan fingerprint density at radius 3 is 2.50 bits per heavy atom. The number of nitrogens with zero attached hydrogens (tertiary/aromatic N) is 1. The molecule has 2 aromatic rings. The topological polar surface area (TPSA) is 39.3 Å². The number of halogens is 2. The number of aromatic nitrogens is 1. The molecule has 0 amide bonds. The van der Waals surface area contributed by atoms with Gasteiger partial charge in [0, 0.05) is 29.2 Å². The monoisotopic (exact) mass is 360 g/mol. The van der Waals surface area contributed by atoms with Gasteiger partial charge < -0.3 is 10.1 Å². The lowest BCUT2D eigenvalue weighted by Crippen LogP contribution is -2.46. The van der Waals surface area contributed by atoms with Crippen molar-refractivity contribution in [3.63, 3.8) is 0 Å². The minimum atomic E-state index is -3.04. The van der Waals surface area contributed by atoms with Crippen LogP contribution in [-0.2, 0) is 13.0 Å². The van der Waals surface area contributed by atoms with E-state index in [1.807, 2.05) is 25.1 Å². The zero-order valence-corrected chi connectivity index (χ0v) is 15.1. The number of aliphatic hydroxyl groups is 1. The van der Waals surface area contributed by atoms with E-state index < -0.39 is 19.1 Å². The normalized spacial score (nSPS) is 16.5. The molecule has 1 aliphatic heterocycles. The van der Waals surface area contributed by atoms with Gasteiger partial charge in [-0.15, -0.1) is 12.8 Å². The van der Waals surface area contributed by atoms with Gasteiger partial charge in [0.1, 0.15) is 6.61 Å². The fourth-order valence-corrected chi connectivity index (χ4v) is 2.97. The van der Waals surface area contributed by atoms with Crippen LogP contribution in [0.3, 0.4) is 0 Å². The molecular weight excluding hydrogens is 334 g/mol. The average Bonchev–Trinajstić information content (AvgIpc) is 3.01. The largest absolute Gasteiger partial charge is 0.390 e. The van der Waals surface area contributed by atoms with Gasteiger partial charge in [-0.2, -0.15) is 0 Å². The van der Waals surface area contributed by atoms with Crippen molar-refractivity contribution in [2.75, 3.05) is 13.2 Å². The summed E-state index contributed by atoms with van der Waals surface area (Å²) in [5, 5.41) is 9.92. The van der Waals surface area contributed by atoms with E-state index in [2.05, 4.69) is 37.1 Å². The number of aromatic amines is 1. The Labute approximate surface area is 154 Å². The molecule has 1 aromatic heterocycles. The molecule has 0 spiro atoms. The molecule has 1 aliphatic rings. The number of hydrogen-bond acceptors (Lipinski definition) is 2. The summed E-state index contributed by atoms with van der Waals surface area (Å²) in [5.41, 5.74) is 3.30. The summed E-state index contributed by atoms with van der Waals surface area (Å²) >= 11 is 0. The predicted octanol–water partition coefficient (Wildman–Crippen LogP) is 4.15. The van der Waals surface area contributed by atoms with Crippen molar-refractivity contribution < 1.29 is 13.9 Å². The van der Waals surface area contributed by atoms with Gasteiger partial charge in [-0.3, -0.25) is 4.90 Å². The smallest absolute Gasteiger partial charge is 0.283 e. The van der Waals surface area contributed by atoms with Gasteiger partial charge in [-0.05, 0) is 25.0 Å². The maximum atomic E-state index is 13.4. The van der Waals surface area contributed by atoms with Crippen LogP contribution in [0.1, 0.15) is 18.2 Å². The van der Waals surface area contributed by atoms with Crippen LogP contribution < -0.4 is 0 Å². The lowest BCUT2D eigenvalue weighted by Gasteiger charge is -2.35. The quantitative estimate of drug-likeness (QED) is 0.635. The van der Waals surface area contributed by atoms with Gasteiger partial charge >= 0.3 is 0 Å². The van der Waals surface area contributed by atoms with Crippen LogP contribution in [0.5, 0.6) is 0 Å². The molecule has 0 bridgehead atoms. The molecule has 0 saturated heterocycles. The van der Waals surface area contributed by atoms with Crippen molar-refractivity contribution in [1.29, 1.82) is 0 Å². The van der Waals surface area contributed by atoms with Crippen molar-refractivity contribution in [2.24, 2.45) is 0 Å². The molecule has 3 nitrogen and oxygen atoms in total. The summed E-state index contributed by atoms with van der Waals surface area (Å²) in [6.45, 7) is 7.65. The molecule has 0 radical (unpaired) electrons. The van der Waals surface area contributed by atoms with Gasteiger partial charge in [-0.1, -0.05) is 43.5 Å². The van der Waals surface area contributed by atoms with Crippen molar-refractivity contribution in [1.82, 2.24) is 9.88 Å². The van der Waals surface area contributed by atoms with Crippen LogP contribution in [0.25, 0.3) is 10.9 Å². The summed E-state index contributed by atoms with van der Waals surface area (Å²) in [4.78, 5) is 5.05. The molecule has 0 unspecified atom stereocenters. The van der Waals surface area contributed by atoms with Crippen molar-refractivity contribution in [3.05, 3.63) is 60.8 Å². The Hall–Kier alpha value is -2.42. The molecule has 0 saturated carbocycles. The SMILES string of the molecule is C#C.C=CC=C.C[C@@H]1Cc2c([nH]c3ccccc23)CN1CC(F)(F)CO. The highest BCUT2D eigenvalue weighted by Crippen LogP contribution is 2.31. The van der Waals surface area contributed by atoms with Crippen LogP contribution in [0.2, 0.25) is 0 Å². The van der Waals surface area contributed by atoms with E-state index in [-0.39, 0.29) is 6.04 Å². The highest BCUT2D eigenvalue weighted by atomic mass is 19.3. The minimum Gasteiger partial charge on any atom is -0.390 e. The third kappa shape index (κ3) is 5.29. The first kappa shape index (κ1) is 21.6. The minimum absolute atomic E-state index is 0.0409. The van der Waals surface area contributed by atoms with Gasteiger partial charge in [0.15, 0.2) is 0 Å². The van der Waals surface area contributed by atoms with Crippen LogP contribution >= 0.6 is 0 Å². The first-order valence-corrected chi connectivity index (χ1v) is 8.30.